The first-order valence-corrected chi connectivity index (χ1v) is 10.8. The summed E-state index contributed by atoms with van der Waals surface area (Å²) in [5.41, 5.74) is 1.10. The van der Waals surface area contributed by atoms with Crippen molar-refractivity contribution in [3.05, 3.63) is 109 Å². The zero-order chi connectivity index (χ0) is 17.8. The van der Waals surface area contributed by atoms with Crippen LogP contribution >= 0.6 is 7.26 Å². The van der Waals surface area contributed by atoms with Crippen LogP contribution in [0.4, 0.5) is 0 Å². The molecule has 0 fully saturated rings. The van der Waals surface area contributed by atoms with Crippen molar-refractivity contribution in [3.8, 4) is 0 Å². The molecule has 0 amide bonds. The van der Waals surface area contributed by atoms with E-state index in [4.69, 9.17) is 0 Å². The van der Waals surface area contributed by atoms with E-state index in [-0.39, 0.29) is 12.4 Å². The number of H-pyrrole nitrogens is 1. The molecular formula is C23H22ClN2P. The van der Waals surface area contributed by atoms with Crippen LogP contribution < -0.4 is 28.3 Å². The molecule has 0 unspecified atom stereocenters. The molecule has 0 aliphatic heterocycles. The highest BCUT2D eigenvalue weighted by molar-refractivity contribution is 7.95. The number of aromatic nitrogens is 2. The largest absolute Gasteiger partial charge is 1.00 e. The summed E-state index contributed by atoms with van der Waals surface area (Å²) in [4.78, 5) is 8.11. The number of aryl methyl sites for hydroxylation is 1. The van der Waals surface area contributed by atoms with E-state index in [1.807, 2.05) is 6.20 Å². The van der Waals surface area contributed by atoms with Crippen LogP contribution in [0.15, 0.2) is 97.2 Å². The summed E-state index contributed by atoms with van der Waals surface area (Å²) in [6, 6.07) is 32.7. The van der Waals surface area contributed by atoms with E-state index < -0.39 is 7.26 Å². The van der Waals surface area contributed by atoms with Gasteiger partial charge in [-0.3, -0.25) is 0 Å². The maximum Gasteiger partial charge on any atom is 0.145 e. The number of aromatic amines is 1. The van der Waals surface area contributed by atoms with Crippen molar-refractivity contribution >= 4 is 23.2 Å². The quantitative estimate of drug-likeness (QED) is 0.508. The predicted octanol–water partition coefficient (Wildman–Crippen LogP) is 1.22. The second kappa shape index (κ2) is 8.52. The predicted molar refractivity (Wildman–Crippen MR) is 112 cm³/mol. The monoisotopic (exact) mass is 392 g/mol. The Morgan fingerprint density at radius 2 is 1.11 bits per heavy atom. The molecule has 4 rings (SSSR count). The molecule has 0 saturated carbocycles. The first-order chi connectivity index (χ1) is 12.8. The van der Waals surface area contributed by atoms with Gasteiger partial charge in [0.25, 0.3) is 0 Å². The van der Waals surface area contributed by atoms with E-state index in [1.165, 1.54) is 15.9 Å². The van der Waals surface area contributed by atoms with Gasteiger partial charge in [0.15, 0.2) is 0 Å². The van der Waals surface area contributed by atoms with Gasteiger partial charge in [-0.05, 0) is 43.3 Å². The number of hydrogen-bond donors (Lipinski definition) is 1. The van der Waals surface area contributed by atoms with Crippen molar-refractivity contribution in [3.63, 3.8) is 0 Å². The van der Waals surface area contributed by atoms with Gasteiger partial charge in [-0.25, -0.2) is 4.98 Å². The Hall–Kier alpha value is -2.41. The SMILES string of the molecule is Cc1cnc(C[P+](c2ccccc2)(c2ccccc2)c2ccccc2)[nH]1.[Cl-]. The van der Waals surface area contributed by atoms with E-state index in [9.17, 15) is 0 Å². The van der Waals surface area contributed by atoms with Crippen LogP contribution in [-0.4, -0.2) is 9.97 Å². The lowest BCUT2D eigenvalue weighted by Crippen LogP contribution is -3.00. The van der Waals surface area contributed by atoms with Crippen LogP contribution in [0.2, 0.25) is 0 Å². The molecule has 27 heavy (non-hydrogen) atoms. The number of halogens is 1. The van der Waals surface area contributed by atoms with E-state index >= 15 is 0 Å². The number of hydrogen-bond acceptors (Lipinski definition) is 1. The summed E-state index contributed by atoms with van der Waals surface area (Å²) in [7, 11) is -1.86. The van der Waals surface area contributed by atoms with Gasteiger partial charge in [0, 0.05) is 11.9 Å². The van der Waals surface area contributed by atoms with Gasteiger partial charge in [0.1, 0.15) is 35.2 Å². The van der Waals surface area contributed by atoms with Crippen LogP contribution in [0.1, 0.15) is 11.5 Å². The average Bonchev–Trinajstić information content (AvgIpc) is 3.13. The van der Waals surface area contributed by atoms with E-state index in [0.29, 0.717) is 0 Å². The third-order valence-electron chi connectivity index (χ3n) is 4.73. The highest BCUT2D eigenvalue weighted by Crippen LogP contribution is 2.57. The molecule has 0 atom stereocenters. The normalized spacial score (nSPS) is 11.0. The van der Waals surface area contributed by atoms with Crippen molar-refractivity contribution in [2.75, 3.05) is 0 Å². The first kappa shape index (κ1) is 19.4. The number of nitrogens with zero attached hydrogens (tertiary/aromatic N) is 1. The van der Waals surface area contributed by atoms with Crippen molar-refractivity contribution in [2.45, 2.75) is 13.1 Å². The minimum Gasteiger partial charge on any atom is -1.00 e. The maximum atomic E-state index is 4.65. The van der Waals surface area contributed by atoms with Crippen LogP contribution in [0.3, 0.4) is 0 Å². The standard InChI is InChI=1S/C23H22N2P.ClH/c1-19-17-24-23(25-19)18-26(20-11-5-2-6-12-20,21-13-7-3-8-14-21)22-15-9-4-10-16-22;/h2-17H,18H2,1H3,(H,24,25);1H/q+1;/p-1. The molecule has 4 aromatic rings. The summed E-state index contributed by atoms with van der Waals surface area (Å²) in [6.45, 7) is 2.06. The Morgan fingerprint density at radius 1 is 0.704 bits per heavy atom. The molecule has 136 valence electrons. The Morgan fingerprint density at radius 3 is 1.44 bits per heavy atom. The summed E-state index contributed by atoms with van der Waals surface area (Å²) < 4.78 is 0. The Kier molecular flexibility index (Phi) is 6.11. The number of imidazole rings is 1. The molecule has 1 N–H and O–H groups in total. The molecule has 0 bridgehead atoms. The Balaban J connectivity index is 0.00000210. The van der Waals surface area contributed by atoms with Gasteiger partial charge in [0.05, 0.1) is 0 Å². The smallest absolute Gasteiger partial charge is 0.145 e. The lowest BCUT2D eigenvalue weighted by atomic mass is 10.4. The van der Waals surface area contributed by atoms with E-state index in [2.05, 4.69) is 108 Å². The number of benzene rings is 3. The van der Waals surface area contributed by atoms with Crippen molar-refractivity contribution in [1.82, 2.24) is 9.97 Å². The molecule has 0 aliphatic rings. The van der Waals surface area contributed by atoms with Gasteiger partial charge in [-0.1, -0.05) is 54.6 Å². The summed E-state index contributed by atoms with van der Waals surface area (Å²) in [5.74, 6) is 1.05. The van der Waals surface area contributed by atoms with Crippen LogP contribution in [0.25, 0.3) is 0 Å². The van der Waals surface area contributed by atoms with Crippen LogP contribution in [-0.2, 0) is 6.16 Å². The summed E-state index contributed by atoms with van der Waals surface area (Å²) >= 11 is 0. The second-order valence-corrected chi connectivity index (χ2v) is 9.97. The Bertz CT molecular complexity index is 872. The molecule has 3 aromatic carbocycles. The first-order valence-electron chi connectivity index (χ1n) is 8.84. The third kappa shape index (κ3) is 3.83. The van der Waals surface area contributed by atoms with Crippen molar-refractivity contribution < 1.29 is 12.4 Å². The fourth-order valence-corrected chi connectivity index (χ4v) is 7.64. The van der Waals surface area contributed by atoms with Crippen molar-refractivity contribution in [2.24, 2.45) is 0 Å². The maximum absolute atomic E-state index is 4.65. The molecule has 0 saturated heterocycles. The van der Waals surface area contributed by atoms with Crippen molar-refractivity contribution in [1.29, 1.82) is 0 Å². The minimum atomic E-state index is -1.86. The lowest BCUT2D eigenvalue weighted by Gasteiger charge is -2.26. The van der Waals surface area contributed by atoms with Gasteiger partial charge in [-0.15, -0.1) is 0 Å². The van der Waals surface area contributed by atoms with Gasteiger partial charge < -0.3 is 17.4 Å². The molecule has 1 heterocycles. The topological polar surface area (TPSA) is 28.7 Å². The van der Waals surface area contributed by atoms with Gasteiger partial charge in [0.2, 0.25) is 0 Å². The molecule has 0 aliphatic carbocycles. The summed E-state index contributed by atoms with van der Waals surface area (Å²) in [5, 5.41) is 4.14. The second-order valence-electron chi connectivity index (χ2n) is 6.49. The third-order valence-corrected chi connectivity index (χ3v) is 9.05. The number of nitrogens with one attached hydrogen (secondary N) is 1. The van der Waals surface area contributed by atoms with Crippen LogP contribution in [0.5, 0.6) is 0 Å². The minimum absolute atomic E-state index is 0. The highest BCUT2D eigenvalue weighted by atomic mass is 35.5. The molecular weight excluding hydrogens is 371 g/mol. The highest BCUT2D eigenvalue weighted by Gasteiger charge is 2.46. The van der Waals surface area contributed by atoms with E-state index in [1.54, 1.807) is 0 Å². The van der Waals surface area contributed by atoms with Crippen LogP contribution in [0, 0.1) is 6.92 Å². The van der Waals surface area contributed by atoms with E-state index in [0.717, 1.165) is 17.7 Å². The molecule has 1 aromatic heterocycles. The zero-order valence-electron chi connectivity index (χ0n) is 15.2. The Labute approximate surface area is 167 Å². The fraction of sp³-hybridized carbons (Fsp3) is 0.0870. The zero-order valence-corrected chi connectivity index (χ0v) is 16.9. The van der Waals surface area contributed by atoms with Gasteiger partial charge >= 0.3 is 0 Å². The summed E-state index contributed by atoms with van der Waals surface area (Å²) in [6.07, 6.45) is 2.81. The average molecular weight is 393 g/mol. The molecule has 0 spiro atoms. The fourth-order valence-electron chi connectivity index (χ4n) is 3.54. The number of rotatable bonds is 5. The molecule has 4 heteroatoms. The molecule has 0 radical (unpaired) electrons. The van der Waals surface area contributed by atoms with Gasteiger partial charge in [-0.2, -0.15) is 0 Å². The lowest BCUT2D eigenvalue weighted by molar-refractivity contribution is -0.00000537. The molecule has 2 nitrogen and oxygen atoms in total.